The highest BCUT2D eigenvalue weighted by Gasteiger charge is 2.40. The van der Waals surface area contributed by atoms with Crippen molar-refractivity contribution in [1.29, 1.82) is 0 Å². The van der Waals surface area contributed by atoms with Crippen LogP contribution in [0.3, 0.4) is 0 Å². The van der Waals surface area contributed by atoms with Crippen LogP contribution < -0.4 is 10.7 Å². The number of hydrazine groups is 1. The summed E-state index contributed by atoms with van der Waals surface area (Å²) in [5.41, 5.74) is 6.68. The van der Waals surface area contributed by atoms with Crippen LogP contribution in [0.1, 0.15) is 29.2 Å². The maximum Gasteiger partial charge on any atom is 0.251 e. The maximum absolute atomic E-state index is 12.9. The van der Waals surface area contributed by atoms with E-state index in [9.17, 15) is 9.59 Å². The Kier molecular flexibility index (Phi) is 5.56. The highest BCUT2D eigenvalue weighted by atomic mass is 35.5. The van der Waals surface area contributed by atoms with E-state index in [0.717, 1.165) is 11.1 Å². The Morgan fingerprint density at radius 2 is 1.86 bits per heavy atom. The lowest BCUT2D eigenvalue weighted by atomic mass is 10.00. The number of nitrogens with one attached hydrogen (secondary N) is 2. The fourth-order valence-electron chi connectivity index (χ4n) is 3.60. The first-order valence-electron chi connectivity index (χ1n) is 9.60. The van der Waals surface area contributed by atoms with Crippen LogP contribution in [0.5, 0.6) is 0 Å². The molecule has 0 radical (unpaired) electrons. The van der Waals surface area contributed by atoms with E-state index in [1.165, 1.54) is 10.5 Å². The summed E-state index contributed by atoms with van der Waals surface area (Å²) in [6.45, 7) is 2.45. The van der Waals surface area contributed by atoms with Gasteiger partial charge in [0.25, 0.3) is 5.91 Å². The predicted octanol–water partition coefficient (Wildman–Crippen LogP) is 2.90. The number of hydrogen-bond acceptors (Lipinski definition) is 4. The number of hydrogen-bond donors (Lipinski definition) is 2. The van der Waals surface area contributed by atoms with Gasteiger partial charge in [0.05, 0.1) is 6.04 Å². The Bertz CT molecular complexity index is 927. The van der Waals surface area contributed by atoms with Crippen LogP contribution in [0.15, 0.2) is 60.9 Å². The van der Waals surface area contributed by atoms with Gasteiger partial charge in [-0.15, -0.1) is 0 Å². The minimum atomic E-state index is -0.310. The fourth-order valence-corrected chi connectivity index (χ4v) is 3.72. The molecule has 2 aliphatic heterocycles. The summed E-state index contributed by atoms with van der Waals surface area (Å²) in [5, 5.41) is 5.34. The number of benzene rings is 2. The number of aryl methyl sites for hydroxylation is 1. The molecule has 0 saturated carbocycles. The predicted molar refractivity (Wildman–Crippen MR) is 111 cm³/mol. The molecule has 0 bridgehead atoms. The summed E-state index contributed by atoms with van der Waals surface area (Å²) in [7, 11) is 0. The Morgan fingerprint density at radius 3 is 2.59 bits per heavy atom. The third-order valence-electron chi connectivity index (χ3n) is 5.27. The molecule has 2 atom stereocenters. The second-order valence-corrected chi connectivity index (χ2v) is 7.86. The van der Waals surface area contributed by atoms with E-state index in [1.54, 1.807) is 18.3 Å². The molecule has 0 aromatic heterocycles. The Balaban J connectivity index is 1.33. The molecule has 2 amide bonds. The van der Waals surface area contributed by atoms with Crippen LogP contribution in [-0.2, 0) is 16.1 Å². The zero-order valence-electron chi connectivity index (χ0n) is 16.1. The minimum Gasteiger partial charge on any atom is -0.350 e. The van der Waals surface area contributed by atoms with Crippen LogP contribution in [0.2, 0.25) is 5.02 Å². The van der Waals surface area contributed by atoms with Crippen molar-refractivity contribution in [2.45, 2.75) is 32.0 Å². The van der Waals surface area contributed by atoms with E-state index in [1.807, 2.05) is 23.3 Å². The second-order valence-electron chi connectivity index (χ2n) is 7.42. The number of amides is 2. The normalized spacial score (nSPS) is 20.7. The molecule has 2 aliphatic rings. The van der Waals surface area contributed by atoms with Crippen molar-refractivity contribution in [2.24, 2.45) is 0 Å². The number of rotatable bonds is 5. The van der Waals surface area contributed by atoms with Gasteiger partial charge in [-0.1, -0.05) is 53.6 Å². The van der Waals surface area contributed by atoms with Gasteiger partial charge in [-0.2, -0.15) is 0 Å². The summed E-state index contributed by atoms with van der Waals surface area (Å²) >= 11 is 5.87. The van der Waals surface area contributed by atoms with Crippen molar-refractivity contribution < 1.29 is 9.59 Å². The summed E-state index contributed by atoms with van der Waals surface area (Å²) < 4.78 is 0. The van der Waals surface area contributed by atoms with Crippen molar-refractivity contribution in [1.82, 2.24) is 20.7 Å². The summed E-state index contributed by atoms with van der Waals surface area (Å²) in [6, 6.07) is 15.4. The molecule has 2 unspecified atom stereocenters. The molecule has 2 aromatic carbocycles. The topological polar surface area (TPSA) is 64.7 Å². The fraction of sp³-hybridized carbons (Fsp3) is 0.273. The zero-order chi connectivity index (χ0) is 20.4. The van der Waals surface area contributed by atoms with Gasteiger partial charge >= 0.3 is 0 Å². The van der Waals surface area contributed by atoms with Crippen molar-refractivity contribution >= 4 is 23.4 Å². The van der Waals surface area contributed by atoms with E-state index in [0.29, 0.717) is 18.0 Å². The molecule has 7 heteroatoms. The number of carbonyl (C=O) groups excluding carboxylic acids is 2. The van der Waals surface area contributed by atoms with E-state index in [-0.39, 0.29) is 30.4 Å². The molecule has 0 spiro atoms. The van der Waals surface area contributed by atoms with Crippen LogP contribution >= 0.6 is 11.6 Å². The maximum atomic E-state index is 12.9. The first kappa shape index (κ1) is 19.5. The summed E-state index contributed by atoms with van der Waals surface area (Å²) in [5.74, 6) is -0.274. The lowest BCUT2D eigenvalue weighted by Gasteiger charge is -2.31. The molecule has 1 fully saturated rings. The number of carbonyl (C=O) groups is 2. The Morgan fingerprint density at radius 1 is 1.14 bits per heavy atom. The molecule has 0 aliphatic carbocycles. The van der Waals surface area contributed by atoms with Gasteiger partial charge in [-0.05, 0) is 36.6 Å². The SMILES string of the molecule is Cc1ccc(C2CC3C(=O)N(CC(=O)NCc4ccc(Cl)cc4)C=CN3N2)cc1. The molecule has 29 heavy (non-hydrogen) atoms. The average molecular weight is 411 g/mol. The molecule has 2 N–H and O–H groups in total. The average Bonchev–Trinajstić information content (AvgIpc) is 3.15. The van der Waals surface area contributed by atoms with Gasteiger partial charge in [0.15, 0.2) is 0 Å². The second kappa shape index (κ2) is 8.27. The third kappa shape index (κ3) is 4.44. The number of fused-ring (bicyclic) bond motifs is 1. The molecule has 150 valence electrons. The molecule has 4 rings (SSSR count). The minimum absolute atomic E-state index is 0.00244. The van der Waals surface area contributed by atoms with Crippen LogP contribution in [0.4, 0.5) is 0 Å². The van der Waals surface area contributed by atoms with Crippen molar-refractivity contribution in [3.8, 4) is 0 Å². The Hall–Kier alpha value is -2.83. The standard InChI is InChI=1S/C22H23ClN4O2/c1-15-2-6-17(7-3-15)19-12-20-22(29)26(10-11-27(20)25-19)14-21(28)24-13-16-4-8-18(23)9-5-16/h2-11,19-20,25H,12-14H2,1H3,(H,24,28). The highest BCUT2D eigenvalue weighted by molar-refractivity contribution is 6.30. The quantitative estimate of drug-likeness (QED) is 0.795. The number of nitrogens with zero attached hydrogens (tertiary/aromatic N) is 2. The monoisotopic (exact) mass is 410 g/mol. The van der Waals surface area contributed by atoms with Gasteiger partial charge in [-0.3, -0.25) is 9.59 Å². The highest BCUT2D eigenvalue weighted by Crippen LogP contribution is 2.30. The lowest BCUT2D eigenvalue weighted by Crippen LogP contribution is -2.50. The van der Waals surface area contributed by atoms with Crippen molar-refractivity contribution in [2.75, 3.05) is 6.54 Å². The molecule has 6 nitrogen and oxygen atoms in total. The van der Waals surface area contributed by atoms with Crippen LogP contribution in [-0.4, -0.2) is 34.3 Å². The molecular weight excluding hydrogens is 388 g/mol. The first-order valence-corrected chi connectivity index (χ1v) is 9.98. The summed E-state index contributed by atoms with van der Waals surface area (Å²) in [4.78, 5) is 26.7. The van der Waals surface area contributed by atoms with E-state index in [4.69, 9.17) is 11.6 Å². The van der Waals surface area contributed by atoms with Crippen molar-refractivity contribution in [3.05, 3.63) is 82.6 Å². The summed E-state index contributed by atoms with van der Waals surface area (Å²) in [6.07, 6.45) is 4.15. The van der Waals surface area contributed by atoms with Gasteiger partial charge < -0.3 is 15.2 Å². The van der Waals surface area contributed by atoms with E-state index < -0.39 is 0 Å². The van der Waals surface area contributed by atoms with Gasteiger partial charge in [-0.25, -0.2) is 5.43 Å². The molecular formula is C22H23ClN4O2. The molecule has 2 aromatic rings. The van der Waals surface area contributed by atoms with Crippen LogP contribution in [0.25, 0.3) is 0 Å². The lowest BCUT2D eigenvalue weighted by molar-refractivity contribution is -0.138. The smallest absolute Gasteiger partial charge is 0.251 e. The van der Waals surface area contributed by atoms with Crippen LogP contribution in [0, 0.1) is 6.92 Å². The Labute approximate surface area is 175 Å². The zero-order valence-corrected chi connectivity index (χ0v) is 16.9. The van der Waals surface area contributed by atoms with Crippen molar-refractivity contribution in [3.63, 3.8) is 0 Å². The molecule has 1 saturated heterocycles. The van der Waals surface area contributed by atoms with Gasteiger partial charge in [0.1, 0.15) is 12.6 Å². The van der Waals surface area contributed by atoms with E-state index in [2.05, 4.69) is 41.9 Å². The molecule has 2 heterocycles. The van der Waals surface area contributed by atoms with Gasteiger partial charge in [0.2, 0.25) is 5.91 Å². The number of halogens is 1. The van der Waals surface area contributed by atoms with E-state index >= 15 is 0 Å². The largest absolute Gasteiger partial charge is 0.350 e. The first-order chi connectivity index (χ1) is 14.0. The van der Waals surface area contributed by atoms with Gasteiger partial charge in [0, 0.05) is 24.0 Å². The third-order valence-corrected chi connectivity index (χ3v) is 5.52.